The van der Waals surface area contributed by atoms with Crippen LogP contribution in [-0.2, 0) is 4.79 Å². The zero-order valence-corrected chi connectivity index (χ0v) is 17.5. The van der Waals surface area contributed by atoms with E-state index in [1.807, 2.05) is 6.07 Å². The lowest BCUT2D eigenvalue weighted by atomic mass is 10.0. The Morgan fingerprint density at radius 3 is 2.19 bits per heavy atom. The van der Waals surface area contributed by atoms with E-state index in [-0.39, 0.29) is 35.2 Å². The molecule has 1 saturated carbocycles. The number of carbonyl (C=O) groups excluding carboxylic acids is 3. The number of hydrogen-bond donors (Lipinski definition) is 1. The molecule has 1 heterocycles. The molecule has 0 aromatic heterocycles. The highest BCUT2D eigenvalue weighted by atomic mass is 19.1. The summed E-state index contributed by atoms with van der Waals surface area (Å²) in [4.78, 5) is 41.2. The molecule has 162 valence electrons. The normalized spacial score (nSPS) is 16.6. The molecule has 2 aromatic carbocycles. The first-order chi connectivity index (χ1) is 15.0. The van der Waals surface area contributed by atoms with Gasteiger partial charge in [0, 0.05) is 32.1 Å². The Bertz CT molecular complexity index is 997. The second-order valence-electron chi connectivity index (χ2n) is 8.21. The van der Waals surface area contributed by atoms with Gasteiger partial charge >= 0.3 is 0 Å². The molecule has 3 amide bonds. The topological polar surface area (TPSA) is 69.7 Å². The van der Waals surface area contributed by atoms with E-state index in [1.54, 1.807) is 47.2 Å². The van der Waals surface area contributed by atoms with Crippen LogP contribution in [-0.4, -0.2) is 48.8 Å². The third kappa shape index (κ3) is 4.60. The van der Waals surface area contributed by atoms with Crippen LogP contribution in [0, 0.1) is 11.7 Å². The van der Waals surface area contributed by atoms with Gasteiger partial charge in [-0.2, -0.15) is 0 Å². The van der Waals surface area contributed by atoms with Crippen LogP contribution in [0.15, 0.2) is 48.5 Å². The Kier molecular flexibility index (Phi) is 6.02. The van der Waals surface area contributed by atoms with Crippen molar-refractivity contribution in [2.45, 2.75) is 31.7 Å². The van der Waals surface area contributed by atoms with Crippen molar-refractivity contribution in [2.24, 2.45) is 5.92 Å². The molecule has 6 nitrogen and oxygen atoms in total. The summed E-state index contributed by atoms with van der Waals surface area (Å²) in [7, 11) is 1.71. The van der Waals surface area contributed by atoms with E-state index in [4.69, 9.17) is 0 Å². The summed E-state index contributed by atoms with van der Waals surface area (Å²) in [6.07, 6.45) is 2.99. The van der Waals surface area contributed by atoms with Gasteiger partial charge in [0.25, 0.3) is 11.8 Å². The first-order valence-corrected chi connectivity index (χ1v) is 10.7. The molecule has 0 spiro atoms. The van der Waals surface area contributed by atoms with Crippen molar-refractivity contribution in [3.63, 3.8) is 0 Å². The number of amides is 3. The molecule has 1 N–H and O–H groups in total. The maximum atomic E-state index is 13.9. The van der Waals surface area contributed by atoms with Crippen molar-refractivity contribution in [3.05, 3.63) is 65.5 Å². The van der Waals surface area contributed by atoms with Gasteiger partial charge < -0.3 is 15.1 Å². The predicted molar refractivity (Wildman–Crippen MR) is 115 cm³/mol. The molecular formula is C24H26FN3O3. The van der Waals surface area contributed by atoms with Gasteiger partial charge in [0.2, 0.25) is 5.91 Å². The van der Waals surface area contributed by atoms with Gasteiger partial charge in [-0.15, -0.1) is 0 Å². The standard InChI is InChI=1S/C24H26FN3O3/c1-27(23(30)16-10-11-16)21-9-5-3-7-19(21)22(29)26-17-12-14-28(15-13-17)24(31)18-6-2-4-8-20(18)25/h2-9,16-17H,10-15H2,1H3,(H,26,29). The molecule has 0 atom stereocenters. The summed E-state index contributed by atoms with van der Waals surface area (Å²) in [5, 5.41) is 3.04. The predicted octanol–water partition coefficient (Wildman–Crippen LogP) is 3.23. The minimum Gasteiger partial charge on any atom is -0.349 e. The summed E-state index contributed by atoms with van der Waals surface area (Å²) in [6.45, 7) is 0.889. The third-order valence-corrected chi connectivity index (χ3v) is 5.99. The van der Waals surface area contributed by atoms with E-state index < -0.39 is 5.82 Å². The largest absolute Gasteiger partial charge is 0.349 e. The van der Waals surface area contributed by atoms with Gasteiger partial charge in [-0.3, -0.25) is 14.4 Å². The molecule has 31 heavy (non-hydrogen) atoms. The summed E-state index contributed by atoms with van der Waals surface area (Å²) < 4.78 is 13.9. The number of hydrogen-bond acceptors (Lipinski definition) is 3. The fraction of sp³-hybridized carbons (Fsp3) is 0.375. The number of nitrogens with one attached hydrogen (secondary N) is 1. The van der Waals surface area contributed by atoms with Crippen LogP contribution < -0.4 is 10.2 Å². The van der Waals surface area contributed by atoms with Crippen molar-refractivity contribution in [1.82, 2.24) is 10.2 Å². The number of carbonyl (C=O) groups is 3. The molecule has 1 aliphatic carbocycles. The lowest BCUT2D eigenvalue weighted by Crippen LogP contribution is -2.47. The van der Waals surface area contributed by atoms with Crippen LogP contribution in [0.1, 0.15) is 46.4 Å². The molecule has 1 saturated heterocycles. The minimum atomic E-state index is -0.524. The highest BCUT2D eigenvalue weighted by molar-refractivity contribution is 6.05. The molecule has 2 aromatic rings. The fourth-order valence-electron chi connectivity index (χ4n) is 3.98. The Balaban J connectivity index is 1.37. The average molecular weight is 423 g/mol. The monoisotopic (exact) mass is 423 g/mol. The first kappa shape index (κ1) is 21.0. The van der Waals surface area contributed by atoms with E-state index in [1.165, 1.54) is 12.1 Å². The van der Waals surface area contributed by atoms with E-state index in [0.29, 0.717) is 37.2 Å². The molecule has 0 bridgehead atoms. The van der Waals surface area contributed by atoms with E-state index in [9.17, 15) is 18.8 Å². The van der Waals surface area contributed by atoms with Crippen molar-refractivity contribution >= 4 is 23.4 Å². The van der Waals surface area contributed by atoms with Gasteiger partial charge in [0.1, 0.15) is 5.82 Å². The van der Waals surface area contributed by atoms with Crippen LogP contribution in [0.2, 0.25) is 0 Å². The average Bonchev–Trinajstić information content (AvgIpc) is 3.64. The second-order valence-corrected chi connectivity index (χ2v) is 8.21. The van der Waals surface area contributed by atoms with Crippen LogP contribution in [0.5, 0.6) is 0 Å². The lowest BCUT2D eigenvalue weighted by Gasteiger charge is -2.32. The van der Waals surface area contributed by atoms with Crippen LogP contribution in [0.3, 0.4) is 0 Å². The Morgan fingerprint density at radius 2 is 1.55 bits per heavy atom. The van der Waals surface area contributed by atoms with Crippen molar-refractivity contribution < 1.29 is 18.8 Å². The Morgan fingerprint density at radius 1 is 0.935 bits per heavy atom. The molecule has 2 fully saturated rings. The van der Waals surface area contributed by atoms with Gasteiger partial charge in [-0.25, -0.2) is 4.39 Å². The van der Waals surface area contributed by atoms with Crippen molar-refractivity contribution in [3.8, 4) is 0 Å². The quantitative estimate of drug-likeness (QED) is 0.803. The van der Waals surface area contributed by atoms with E-state index in [0.717, 1.165) is 12.8 Å². The number of nitrogens with zero attached hydrogens (tertiary/aromatic N) is 2. The lowest BCUT2D eigenvalue weighted by molar-refractivity contribution is -0.119. The summed E-state index contributed by atoms with van der Waals surface area (Å²) in [5.74, 6) is -0.972. The molecule has 4 rings (SSSR count). The number of halogens is 1. The molecule has 7 heteroatoms. The van der Waals surface area contributed by atoms with Crippen LogP contribution >= 0.6 is 0 Å². The smallest absolute Gasteiger partial charge is 0.256 e. The van der Waals surface area contributed by atoms with E-state index >= 15 is 0 Å². The maximum Gasteiger partial charge on any atom is 0.256 e. The fourth-order valence-corrected chi connectivity index (χ4v) is 3.98. The first-order valence-electron chi connectivity index (χ1n) is 10.7. The van der Waals surface area contributed by atoms with E-state index in [2.05, 4.69) is 5.32 Å². The van der Waals surface area contributed by atoms with Gasteiger partial charge in [0.05, 0.1) is 16.8 Å². The summed E-state index contributed by atoms with van der Waals surface area (Å²) in [5.41, 5.74) is 1.13. The molecule has 1 aliphatic heterocycles. The molecule has 0 unspecified atom stereocenters. The number of anilines is 1. The summed E-state index contributed by atoms with van der Waals surface area (Å²) >= 11 is 0. The Hall–Kier alpha value is -3.22. The number of likely N-dealkylation sites (tertiary alicyclic amines) is 1. The number of piperidine rings is 1. The van der Waals surface area contributed by atoms with Crippen molar-refractivity contribution in [2.75, 3.05) is 25.0 Å². The van der Waals surface area contributed by atoms with Gasteiger partial charge in [-0.05, 0) is 49.9 Å². The number of rotatable bonds is 5. The second kappa shape index (κ2) is 8.88. The molecular weight excluding hydrogens is 397 g/mol. The maximum absolute atomic E-state index is 13.9. The Labute approximate surface area is 181 Å². The highest BCUT2D eigenvalue weighted by Crippen LogP contribution is 2.33. The summed E-state index contributed by atoms with van der Waals surface area (Å²) in [6, 6.07) is 13.0. The van der Waals surface area contributed by atoms with Crippen LogP contribution in [0.25, 0.3) is 0 Å². The number of benzene rings is 2. The molecule has 0 radical (unpaired) electrons. The highest BCUT2D eigenvalue weighted by Gasteiger charge is 2.34. The molecule has 2 aliphatic rings. The third-order valence-electron chi connectivity index (χ3n) is 5.99. The van der Waals surface area contributed by atoms with Crippen LogP contribution in [0.4, 0.5) is 10.1 Å². The number of para-hydroxylation sites is 1. The SMILES string of the molecule is CN(C(=O)C1CC1)c1ccccc1C(=O)NC1CCN(C(=O)c2ccccc2F)CC1. The van der Waals surface area contributed by atoms with Crippen molar-refractivity contribution in [1.29, 1.82) is 0 Å². The minimum absolute atomic E-state index is 0.0419. The van der Waals surface area contributed by atoms with Gasteiger partial charge in [-0.1, -0.05) is 24.3 Å². The zero-order chi connectivity index (χ0) is 22.0. The zero-order valence-electron chi connectivity index (χ0n) is 17.5. The van der Waals surface area contributed by atoms with Gasteiger partial charge in [0.15, 0.2) is 0 Å².